The van der Waals surface area contributed by atoms with Crippen molar-refractivity contribution in [2.75, 3.05) is 7.05 Å². The van der Waals surface area contributed by atoms with Gasteiger partial charge in [0.25, 0.3) is 0 Å². The van der Waals surface area contributed by atoms with Gasteiger partial charge in [-0.25, -0.2) is 4.79 Å². The van der Waals surface area contributed by atoms with Gasteiger partial charge in [-0.15, -0.1) is 8.78 Å². The lowest BCUT2D eigenvalue weighted by Gasteiger charge is -2.04. The number of nitrogens with zero attached hydrogens (tertiary/aromatic N) is 2. The number of halogens is 2. The van der Waals surface area contributed by atoms with E-state index < -0.39 is 6.29 Å². The first-order chi connectivity index (χ1) is 13.7. The topological polar surface area (TPSA) is 71.4 Å². The van der Waals surface area contributed by atoms with E-state index in [4.69, 9.17) is 0 Å². The number of rotatable bonds is 0. The molecule has 2 heterocycles. The SMILES string of the molecule is CC.CN.Cc1ccc2c(c1)OC(F)(F)O2.Cc1ccc2c(c1)n(C)c(=O)n2C. The second-order valence-electron chi connectivity index (χ2n) is 6.01. The standard InChI is InChI=1S/C10H12N2O.C8H6F2O2.C2H6.CH5N/c1-7-4-5-8-9(6-7)12(3)10(13)11(8)2;1-5-2-3-6-7(4-5)12-8(9,10)11-6;2*1-2/h4-6H,1-3H3;2-4H,1H3;1-2H3;2H2,1H3. The number of aryl methyl sites for hydroxylation is 4. The fourth-order valence-corrected chi connectivity index (χ4v) is 2.67. The number of hydrogen-bond acceptors (Lipinski definition) is 4. The van der Waals surface area contributed by atoms with E-state index in [9.17, 15) is 13.6 Å². The number of benzene rings is 2. The third-order valence-corrected chi connectivity index (χ3v) is 3.98. The zero-order chi connectivity index (χ0) is 22.4. The predicted molar refractivity (Wildman–Crippen MR) is 112 cm³/mol. The average molecular weight is 409 g/mol. The summed E-state index contributed by atoms with van der Waals surface area (Å²) in [6.07, 6.45) is -3.50. The maximum atomic E-state index is 12.4. The van der Waals surface area contributed by atoms with E-state index in [-0.39, 0.29) is 17.2 Å². The van der Waals surface area contributed by atoms with Crippen LogP contribution in [0.15, 0.2) is 41.2 Å². The Bertz CT molecular complexity index is 1010. The van der Waals surface area contributed by atoms with Gasteiger partial charge in [-0.3, -0.25) is 9.13 Å². The molecule has 0 bridgehead atoms. The molecule has 2 N–H and O–H groups in total. The zero-order valence-corrected chi connectivity index (χ0v) is 17.9. The van der Waals surface area contributed by atoms with Crippen molar-refractivity contribution < 1.29 is 18.3 Å². The molecule has 2 aromatic carbocycles. The van der Waals surface area contributed by atoms with Gasteiger partial charge in [-0.1, -0.05) is 26.0 Å². The molecular formula is C21H29F2N3O3. The minimum absolute atomic E-state index is 0.0283. The van der Waals surface area contributed by atoms with Crippen molar-refractivity contribution in [3.05, 3.63) is 58.0 Å². The van der Waals surface area contributed by atoms with Gasteiger partial charge in [0.05, 0.1) is 11.0 Å². The van der Waals surface area contributed by atoms with Gasteiger partial charge in [0, 0.05) is 14.1 Å². The lowest BCUT2D eigenvalue weighted by Crippen LogP contribution is -2.25. The summed E-state index contributed by atoms with van der Waals surface area (Å²) in [5.74, 6) is 0.186. The maximum Gasteiger partial charge on any atom is 0.586 e. The smallest absolute Gasteiger partial charge is 0.395 e. The predicted octanol–water partition coefficient (Wildman–Crippen LogP) is 4.10. The van der Waals surface area contributed by atoms with Crippen LogP contribution in [0.4, 0.5) is 8.78 Å². The molecule has 0 saturated carbocycles. The van der Waals surface area contributed by atoms with Gasteiger partial charge in [0.2, 0.25) is 0 Å². The first-order valence-electron chi connectivity index (χ1n) is 9.24. The number of alkyl halides is 2. The van der Waals surface area contributed by atoms with Gasteiger partial charge in [0.15, 0.2) is 11.5 Å². The summed E-state index contributed by atoms with van der Waals surface area (Å²) >= 11 is 0. The summed E-state index contributed by atoms with van der Waals surface area (Å²) in [4.78, 5) is 11.5. The Balaban J connectivity index is 0.000000248. The molecule has 0 atom stereocenters. The number of ether oxygens (including phenoxy) is 2. The van der Waals surface area contributed by atoms with E-state index in [0.717, 1.165) is 16.6 Å². The quantitative estimate of drug-likeness (QED) is 0.607. The van der Waals surface area contributed by atoms with Crippen LogP contribution in [-0.4, -0.2) is 22.5 Å². The van der Waals surface area contributed by atoms with E-state index in [1.54, 1.807) is 36.2 Å². The van der Waals surface area contributed by atoms with Gasteiger partial charge < -0.3 is 15.2 Å². The van der Waals surface area contributed by atoms with Crippen LogP contribution in [0.5, 0.6) is 11.5 Å². The maximum absolute atomic E-state index is 12.4. The van der Waals surface area contributed by atoms with Crippen LogP contribution in [0.2, 0.25) is 0 Å². The average Bonchev–Trinajstić information content (AvgIpc) is 3.12. The van der Waals surface area contributed by atoms with Crippen LogP contribution in [0.1, 0.15) is 25.0 Å². The monoisotopic (exact) mass is 409 g/mol. The highest BCUT2D eigenvalue weighted by Gasteiger charge is 2.43. The summed E-state index contributed by atoms with van der Waals surface area (Å²) in [6, 6.07) is 10.7. The van der Waals surface area contributed by atoms with Gasteiger partial charge in [-0.05, 0) is 56.3 Å². The Kier molecular flexibility index (Phi) is 8.39. The molecule has 1 aromatic heterocycles. The van der Waals surface area contributed by atoms with Crippen LogP contribution in [-0.2, 0) is 14.1 Å². The molecular weight excluding hydrogens is 380 g/mol. The fraction of sp³-hybridized carbons (Fsp3) is 0.381. The molecule has 3 aromatic rings. The second-order valence-corrected chi connectivity index (χ2v) is 6.01. The van der Waals surface area contributed by atoms with Crippen LogP contribution in [0.25, 0.3) is 11.0 Å². The molecule has 1 aliphatic heterocycles. The van der Waals surface area contributed by atoms with Crippen LogP contribution in [0, 0.1) is 13.8 Å². The number of imidazole rings is 1. The third-order valence-electron chi connectivity index (χ3n) is 3.98. The Morgan fingerprint density at radius 1 is 0.828 bits per heavy atom. The minimum atomic E-state index is -3.50. The summed E-state index contributed by atoms with van der Waals surface area (Å²) in [7, 11) is 5.09. The Hall–Kier alpha value is -2.87. The van der Waals surface area contributed by atoms with Crippen LogP contribution in [0.3, 0.4) is 0 Å². The highest BCUT2D eigenvalue weighted by molar-refractivity contribution is 5.76. The van der Waals surface area contributed by atoms with E-state index in [1.165, 1.54) is 24.7 Å². The largest absolute Gasteiger partial charge is 0.586 e. The number of aromatic nitrogens is 2. The summed E-state index contributed by atoms with van der Waals surface area (Å²) in [6.45, 7) is 7.82. The zero-order valence-electron chi connectivity index (χ0n) is 17.9. The highest BCUT2D eigenvalue weighted by Crippen LogP contribution is 2.40. The minimum Gasteiger partial charge on any atom is -0.395 e. The van der Waals surface area contributed by atoms with Gasteiger partial charge in [-0.2, -0.15) is 0 Å². The summed E-state index contributed by atoms with van der Waals surface area (Å²) in [5, 5.41) is 0. The van der Waals surface area contributed by atoms with Crippen molar-refractivity contribution in [3.8, 4) is 11.5 Å². The molecule has 8 heteroatoms. The Morgan fingerprint density at radius 3 is 1.93 bits per heavy atom. The highest BCUT2D eigenvalue weighted by atomic mass is 19.3. The van der Waals surface area contributed by atoms with Crippen LogP contribution >= 0.6 is 0 Å². The lowest BCUT2D eigenvalue weighted by molar-refractivity contribution is -0.286. The summed E-state index contributed by atoms with van der Waals surface area (Å²) in [5.41, 5.74) is 8.54. The van der Waals surface area contributed by atoms with Crippen molar-refractivity contribution in [2.24, 2.45) is 19.8 Å². The van der Waals surface area contributed by atoms with Crippen molar-refractivity contribution >= 4 is 11.0 Å². The Morgan fingerprint density at radius 2 is 1.31 bits per heavy atom. The first kappa shape index (κ1) is 24.2. The molecule has 0 aliphatic carbocycles. The number of fused-ring (bicyclic) bond motifs is 2. The van der Waals surface area contributed by atoms with Gasteiger partial charge >= 0.3 is 12.0 Å². The van der Waals surface area contributed by atoms with E-state index in [2.05, 4.69) is 15.2 Å². The van der Waals surface area contributed by atoms with Crippen LogP contribution < -0.4 is 20.9 Å². The third kappa shape index (κ3) is 5.57. The van der Waals surface area contributed by atoms with E-state index >= 15 is 0 Å². The molecule has 0 radical (unpaired) electrons. The second kappa shape index (κ2) is 10.1. The normalized spacial score (nSPS) is 12.8. The van der Waals surface area contributed by atoms with Crippen molar-refractivity contribution in [1.29, 1.82) is 0 Å². The Labute approximate surface area is 169 Å². The molecule has 1 aliphatic rings. The first-order valence-corrected chi connectivity index (χ1v) is 9.24. The van der Waals surface area contributed by atoms with Gasteiger partial charge in [0.1, 0.15) is 0 Å². The molecule has 4 rings (SSSR count). The number of hydrogen-bond donors (Lipinski definition) is 1. The van der Waals surface area contributed by atoms with E-state index in [1.807, 2.05) is 39.0 Å². The molecule has 160 valence electrons. The van der Waals surface area contributed by atoms with Crippen molar-refractivity contribution in [3.63, 3.8) is 0 Å². The molecule has 0 amide bonds. The fourth-order valence-electron chi connectivity index (χ4n) is 2.67. The molecule has 6 nitrogen and oxygen atoms in total. The molecule has 0 saturated heterocycles. The molecule has 29 heavy (non-hydrogen) atoms. The van der Waals surface area contributed by atoms with E-state index in [0.29, 0.717) is 0 Å². The molecule has 0 spiro atoms. The lowest BCUT2D eigenvalue weighted by atomic mass is 10.2. The van der Waals surface area contributed by atoms with Crippen molar-refractivity contribution in [1.82, 2.24) is 9.13 Å². The molecule has 0 unspecified atom stereocenters. The number of nitrogens with two attached hydrogens (primary N) is 1. The summed E-state index contributed by atoms with van der Waals surface area (Å²) < 4.78 is 36.6. The van der Waals surface area contributed by atoms with Crippen molar-refractivity contribution in [2.45, 2.75) is 34.0 Å². The molecule has 0 fully saturated rings.